The first-order valence-corrected chi connectivity index (χ1v) is 6.05. The van der Waals surface area contributed by atoms with Crippen LogP contribution in [-0.4, -0.2) is 10.8 Å². The summed E-state index contributed by atoms with van der Waals surface area (Å²) in [6, 6.07) is 12.6. The number of anilines is 1. The van der Waals surface area contributed by atoms with E-state index in [1.54, 1.807) is 30.5 Å². The number of nitrogens with zero attached hydrogens (tertiary/aromatic N) is 1. The molecule has 0 unspecified atom stereocenters. The van der Waals surface area contributed by atoms with Crippen LogP contribution in [0.3, 0.4) is 0 Å². The fraction of sp³-hybridized carbons (Fsp3) is 0.0769. The van der Waals surface area contributed by atoms with Gasteiger partial charge in [-0.15, -0.1) is 0 Å². The largest absolute Gasteiger partial charge is 0.384 e. The van der Waals surface area contributed by atoms with Crippen molar-refractivity contribution in [3.63, 3.8) is 0 Å². The first kappa shape index (κ1) is 11.8. The lowest BCUT2D eigenvalue weighted by atomic mass is 10.0. The van der Waals surface area contributed by atoms with E-state index in [0.717, 1.165) is 5.56 Å². The van der Waals surface area contributed by atoms with Gasteiger partial charge in [0.05, 0.1) is 0 Å². The van der Waals surface area contributed by atoms with Gasteiger partial charge >= 0.3 is 0 Å². The molecule has 3 nitrogen and oxygen atoms in total. The van der Waals surface area contributed by atoms with Crippen LogP contribution in [0.1, 0.15) is 20.7 Å². The second-order valence-corrected chi connectivity index (χ2v) is 4.52. The van der Waals surface area contributed by atoms with Crippen molar-refractivity contribution in [3.8, 4) is 0 Å². The average molecular weight is 291 g/mol. The number of ketones is 1. The molecule has 0 aliphatic heterocycles. The first-order valence-electron chi connectivity index (χ1n) is 5.13. The lowest BCUT2D eigenvalue weighted by molar-refractivity contribution is 0.0991. The van der Waals surface area contributed by atoms with E-state index < -0.39 is 4.83 Å². The van der Waals surface area contributed by atoms with Crippen LogP contribution < -0.4 is 5.73 Å². The Balaban J connectivity index is 2.27. The molecule has 0 saturated carbocycles. The molecule has 4 heteroatoms. The lowest BCUT2D eigenvalue weighted by Crippen LogP contribution is -2.07. The maximum absolute atomic E-state index is 12.1. The van der Waals surface area contributed by atoms with Gasteiger partial charge in [0.15, 0.2) is 5.78 Å². The molecule has 1 heterocycles. The number of alkyl halides is 1. The van der Waals surface area contributed by atoms with E-state index in [2.05, 4.69) is 20.9 Å². The summed E-state index contributed by atoms with van der Waals surface area (Å²) in [6.07, 6.45) is 1.59. The van der Waals surface area contributed by atoms with Crippen molar-refractivity contribution in [2.45, 2.75) is 4.83 Å². The number of nitrogens with two attached hydrogens (primary N) is 1. The molecule has 0 amide bonds. The van der Waals surface area contributed by atoms with Crippen LogP contribution in [-0.2, 0) is 0 Å². The quantitative estimate of drug-likeness (QED) is 0.698. The Labute approximate surface area is 108 Å². The highest BCUT2D eigenvalue weighted by atomic mass is 79.9. The molecular formula is C13H11BrN2O. The molecular weight excluding hydrogens is 280 g/mol. The molecule has 0 saturated heterocycles. The number of halogens is 1. The number of rotatable bonds is 3. The zero-order chi connectivity index (χ0) is 12.3. The van der Waals surface area contributed by atoms with Crippen molar-refractivity contribution < 1.29 is 4.79 Å². The second kappa shape index (κ2) is 5.10. The molecule has 17 heavy (non-hydrogen) atoms. The Hall–Kier alpha value is -1.68. The van der Waals surface area contributed by atoms with Crippen molar-refractivity contribution in [3.05, 3.63) is 59.8 Å². The predicted molar refractivity (Wildman–Crippen MR) is 71.1 cm³/mol. The van der Waals surface area contributed by atoms with E-state index in [-0.39, 0.29) is 5.78 Å². The Morgan fingerprint density at radius 2 is 1.94 bits per heavy atom. The van der Waals surface area contributed by atoms with E-state index >= 15 is 0 Å². The van der Waals surface area contributed by atoms with Gasteiger partial charge in [-0.1, -0.05) is 46.3 Å². The molecule has 0 radical (unpaired) electrons. The van der Waals surface area contributed by atoms with E-state index in [1.165, 1.54) is 0 Å². The lowest BCUT2D eigenvalue weighted by Gasteiger charge is -2.09. The predicted octanol–water partition coefficient (Wildman–Crippen LogP) is 2.98. The summed E-state index contributed by atoms with van der Waals surface area (Å²) >= 11 is 3.39. The third-order valence-corrected chi connectivity index (χ3v) is 3.33. The van der Waals surface area contributed by atoms with Crippen molar-refractivity contribution in [1.29, 1.82) is 0 Å². The van der Waals surface area contributed by atoms with Crippen LogP contribution in [0.15, 0.2) is 48.7 Å². The van der Waals surface area contributed by atoms with Gasteiger partial charge in [0.25, 0.3) is 0 Å². The summed E-state index contributed by atoms with van der Waals surface area (Å²) in [6.45, 7) is 0. The standard InChI is InChI=1S/C13H11BrN2O/c14-12(10-6-7-16-11(15)8-10)13(17)9-4-2-1-3-5-9/h1-8,12H,(H2,15,16)/t12-/m1/s1. The monoisotopic (exact) mass is 290 g/mol. The van der Waals surface area contributed by atoms with E-state index in [4.69, 9.17) is 5.73 Å². The summed E-state index contributed by atoms with van der Waals surface area (Å²) in [5, 5.41) is 0. The van der Waals surface area contributed by atoms with Gasteiger partial charge in [0.1, 0.15) is 10.6 Å². The summed E-state index contributed by atoms with van der Waals surface area (Å²) < 4.78 is 0. The zero-order valence-electron chi connectivity index (χ0n) is 9.01. The van der Waals surface area contributed by atoms with Gasteiger partial charge in [0.2, 0.25) is 0 Å². The third-order valence-electron chi connectivity index (χ3n) is 2.39. The minimum absolute atomic E-state index is 0.0104. The molecule has 2 N–H and O–H groups in total. The molecule has 86 valence electrons. The number of pyridine rings is 1. The summed E-state index contributed by atoms with van der Waals surface area (Å²) in [7, 11) is 0. The smallest absolute Gasteiger partial charge is 0.180 e. The average Bonchev–Trinajstić information content (AvgIpc) is 2.38. The van der Waals surface area contributed by atoms with Crippen LogP contribution >= 0.6 is 15.9 Å². The van der Waals surface area contributed by atoms with Crippen LogP contribution in [0.25, 0.3) is 0 Å². The number of benzene rings is 1. The molecule has 1 aromatic heterocycles. The Kier molecular flexibility index (Phi) is 3.54. The fourth-order valence-electron chi connectivity index (χ4n) is 1.52. The maximum atomic E-state index is 12.1. The minimum Gasteiger partial charge on any atom is -0.384 e. The van der Waals surface area contributed by atoms with Crippen LogP contribution in [0, 0.1) is 0 Å². The first-order chi connectivity index (χ1) is 8.18. The summed E-state index contributed by atoms with van der Waals surface area (Å²) in [5.74, 6) is 0.420. The van der Waals surface area contributed by atoms with Crippen molar-refractivity contribution in [1.82, 2.24) is 4.98 Å². The fourth-order valence-corrected chi connectivity index (χ4v) is 2.07. The van der Waals surface area contributed by atoms with Crippen LogP contribution in [0.4, 0.5) is 5.82 Å². The Morgan fingerprint density at radius 3 is 2.59 bits per heavy atom. The van der Waals surface area contributed by atoms with Crippen molar-refractivity contribution in [2.75, 3.05) is 5.73 Å². The molecule has 1 atom stereocenters. The SMILES string of the molecule is Nc1cc([C@@H](Br)C(=O)c2ccccc2)ccn1. The summed E-state index contributed by atoms with van der Waals surface area (Å²) in [5.41, 5.74) is 7.07. The number of nitrogen functional groups attached to an aromatic ring is 1. The highest BCUT2D eigenvalue weighted by molar-refractivity contribution is 9.09. The molecule has 0 fully saturated rings. The Bertz CT molecular complexity index is 528. The Morgan fingerprint density at radius 1 is 1.24 bits per heavy atom. The highest BCUT2D eigenvalue weighted by Gasteiger charge is 2.18. The van der Waals surface area contributed by atoms with Crippen molar-refractivity contribution >= 4 is 27.5 Å². The van der Waals surface area contributed by atoms with Gasteiger partial charge in [-0.3, -0.25) is 4.79 Å². The van der Waals surface area contributed by atoms with Crippen molar-refractivity contribution in [2.24, 2.45) is 0 Å². The van der Waals surface area contributed by atoms with Gasteiger partial charge in [-0.2, -0.15) is 0 Å². The molecule has 1 aromatic carbocycles. The molecule has 2 rings (SSSR count). The number of hydrogen-bond acceptors (Lipinski definition) is 3. The number of carbonyl (C=O) groups excluding carboxylic acids is 1. The van der Waals surface area contributed by atoms with E-state index in [0.29, 0.717) is 11.4 Å². The van der Waals surface area contributed by atoms with Gasteiger partial charge in [-0.05, 0) is 17.7 Å². The second-order valence-electron chi connectivity index (χ2n) is 3.61. The number of carbonyl (C=O) groups is 1. The molecule has 2 aromatic rings. The molecule has 0 bridgehead atoms. The van der Waals surface area contributed by atoms with Crippen LogP contribution in [0.5, 0.6) is 0 Å². The van der Waals surface area contributed by atoms with E-state index in [9.17, 15) is 4.79 Å². The number of hydrogen-bond donors (Lipinski definition) is 1. The van der Waals surface area contributed by atoms with Gasteiger partial charge in [0, 0.05) is 11.8 Å². The minimum atomic E-state index is -0.393. The number of Topliss-reactive ketones (excluding diaryl/α,β-unsaturated/α-hetero) is 1. The normalized spacial score (nSPS) is 12.1. The highest BCUT2D eigenvalue weighted by Crippen LogP contribution is 2.27. The zero-order valence-corrected chi connectivity index (χ0v) is 10.6. The van der Waals surface area contributed by atoms with Gasteiger partial charge < -0.3 is 5.73 Å². The topological polar surface area (TPSA) is 56.0 Å². The molecule has 0 spiro atoms. The molecule has 0 aliphatic carbocycles. The summed E-state index contributed by atoms with van der Waals surface area (Å²) in [4.78, 5) is 15.7. The van der Waals surface area contributed by atoms with E-state index in [1.807, 2.05) is 18.2 Å². The van der Waals surface area contributed by atoms with Crippen LogP contribution in [0.2, 0.25) is 0 Å². The molecule has 0 aliphatic rings. The van der Waals surface area contributed by atoms with Gasteiger partial charge in [-0.25, -0.2) is 4.98 Å². The third kappa shape index (κ3) is 2.71. The maximum Gasteiger partial charge on any atom is 0.180 e. The number of aromatic nitrogens is 1.